The lowest BCUT2D eigenvalue weighted by Gasteiger charge is -2.23. The van der Waals surface area contributed by atoms with Crippen molar-refractivity contribution in [1.82, 2.24) is 0 Å². The molecule has 0 spiro atoms. The van der Waals surface area contributed by atoms with Gasteiger partial charge >= 0.3 is 0 Å². The molecule has 0 aliphatic heterocycles. The van der Waals surface area contributed by atoms with E-state index in [1.165, 1.54) is 0 Å². The number of rotatable bonds is 2. The number of hydrogen-bond donors (Lipinski definition) is 1. The summed E-state index contributed by atoms with van der Waals surface area (Å²) < 4.78 is 5.62. The highest BCUT2D eigenvalue weighted by Crippen LogP contribution is 2.18. The number of hydrogen-bond acceptors (Lipinski definition) is 2. The highest BCUT2D eigenvalue weighted by atomic mass is 16.5. The standard InChI is InChI=1S/C10H17NO/c1-7(2)12-9-5-4-8(3)10(11)6-9/h4,7,9,11H,5-6H2,1-3H3. The third-order valence-corrected chi connectivity index (χ3v) is 2.06. The fourth-order valence-electron chi connectivity index (χ4n) is 1.39. The predicted octanol–water partition coefficient (Wildman–Crippen LogP) is 2.54. The minimum absolute atomic E-state index is 0.237. The van der Waals surface area contributed by atoms with Crippen molar-refractivity contribution in [2.24, 2.45) is 0 Å². The molecule has 0 aromatic rings. The molecule has 0 aromatic heterocycles. The number of nitrogens with one attached hydrogen (secondary N) is 1. The quantitative estimate of drug-likeness (QED) is 0.673. The molecule has 1 N–H and O–H groups in total. The first-order chi connectivity index (χ1) is 5.59. The lowest BCUT2D eigenvalue weighted by Crippen LogP contribution is -2.24. The van der Waals surface area contributed by atoms with Crippen LogP contribution in [0.5, 0.6) is 0 Å². The second kappa shape index (κ2) is 3.85. The third-order valence-electron chi connectivity index (χ3n) is 2.06. The van der Waals surface area contributed by atoms with E-state index in [2.05, 4.69) is 6.08 Å². The summed E-state index contributed by atoms with van der Waals surface area (Å²) in [5.74, 6) is 0. The van der Waals surface area contributed by atoms with Crippen LogP contribution in [0.25, 0.3) is 0 Å². The summed E-state index contributed by atoms with van der Waals surface area (Å²) >= 11 is 0. The molecule has 0 heterocycles. The van der Waals surface area contributed by atoms with E-state index in [1.807, 2.05) is 20.8 Å². The lowest BCUT2D eigenvalue weighted by molar-refractivity contribution is 0.0130. The van der Waals surface area contributed by atoms with Crippen LogP contribution in [0.15, 0.2) is 11.6 Å². The van der Waals surface area contributed by atoms with Gasteiger partial charge in [0.15, 0.2) is 0 Å². The highest BCUT2D eigenvalue weighted by molar-refractivity contribution is 5.98. The highest BCUT2D eigenvalue weighted by Gasteiger charge is 2.17. The zero-order chi connectivity index (χ0) is 9.14. The average molecular weight is 167 g/mol. The summed E-state index contributed by atoms with van der Waals surface area (Å²) in [6.07, 6.45) is 4.35. The first-order valence-corrected chi connectivity index (χ1v) is 4.49. The average Bonchev–Trinajstić information content (AvgIpc) is 1.96. The smallest absolute Gasteiger partial charge is 0.0668 e. The van der Waals surface area contributed by atoms with Gasteiger partial charge in [0.25, 0.3) is 0 Å². The van der Waals surface area contributed by atoms with E-state index in [1.54, 1.807) is 0 Å². The Morgan fingerprint density at radius 1 is 1.58 bits per heavy atom. The molecule has 0 radical (unpaired) electrons. The molecular formula is C10H17NO. The van der Waals surface area contributed by atoms with Crippen LogP contribution in [0.2, 0.25) is 0 Å². The second-order valence-electron chi connectivity index (χ2n) is 3.61. The van der Waals surface area contributed by atoms with Crippen molar-refractivity contribution in [3.05, 3.63) is 11.6 Å². The Morgan fingerprint density at radius 2 is 2.25 bits per heavy atom. The Balaban J connectivity index is 2.48. The minimum Gasteiger partial charge on any atom is -0.375 e. The van der Waals surface area contributed by atoms with Gasteiger partial charge in [-0.15, -0.1) is 0 Å². The lowest BCUT2D eigenvalue weighted by atomic mass is 9.96. The number of allylic oxidation sites excluding steroid dienone is 1. The van der Waals surface area contributed by atoms with E-state index in [0.717, 1.165) is 24.1 Å². The van der Waals surface area contributed by atoms with Gasteiger partial charge in [0, 0.05) is 12.1 Å². The van der Waals surface area contributed by atoms with Gasteiger partial charge in [0.05, 0.1) is 12.2 Å². The van der Waals surface area contributed by atoms with Crippen molar-refractivity contribution in [1.29, 1.82) is 5.41 Å². The van der Waals surface area contributed by atoms with E-state index < -0.39 is 0 Å². The molecule has 0 saturated carbocycles. The van der Waals surface area contributed by atoms with Crippen LogP contribution in [0.3, 0.4) is 0 Å². The van der Waals surface area contributed by atoms with Gasteiger partial charge in [-0.25, -0.2) is 0 Å². The Kier molecular flexibility index (Phi) is 3.04. The van der Waals surface area contributed by atoms with Crippen LogP contribution in [0, 0.1) is 5.41 Å². The molecule has 1 unspecified atom stereocenters. The van der Waals surface area contributed by atoms with Crippen LogP contribution in [0.4, 0.5) is 0 Å². The Hall–Kier alpha value is -0.630. The molecule has 1 aliphatic rings. The van der Waals surface area contributed by atoms with Crippen molar-refractivity contribution >= 4 is 5.71 Å². The van der Waals surface area contributed by atoms with Crippen LogP contribution in [-0.2, 0) is 4.74 Å². The molecule has 0 saturated heterocycles. The molecule has 1 rings (SSSR count). The maximum atomic E-state index is 7.62. The van der Waals surface area contributed by atoms with Gasteiger partial charge in [-0.3, -0.25) is 0 Å². The van der Waals surface area contributed by atoms with Crippen molar-refractivity contribution in [2.45, 2.75) is 45.8 Å². The second-order valence-corrected chi connectivity index (χ2v) is 3.61. The summed E-state index contributed by atoms with van der Waals surface area (Å²) in [7, 11) is 0. The van der Waals surface area contributed by atoms with Crippen molar-refractivity contribution in [3.63, 3.8) is 0 Å². The summed E-state index contributed by atoms with van der Waals surface area (Å²) in [6, 6.07) is 0. The summed E-state index contributed by atoms with van der Waals surface area (Å²) in [4.78, 5) is 0. The third kappa shape index (κ3) is 2.45. The molecule has 0 aromatic carbocycles. The van der Waals surface area contributed by atoms with Gasteiger partial charge in [0.2, 0.25) is 0 Å². The molecule has 0 bridgehead atoms. The minimum atomic E-state index is 0.237. The van der Waals surface area contributed by atoms with Crippen LogP contribution in [-0.4, -0.2) is 17.9 Å². The van der Waals surface area contributed by atoms with Gasteiger partial charge in [-0.1, -0.05) is 6.08 Å². The summed E-state index contributed by atoms with van der Waals surface area (Å²) in [6.45, 7) is 6.07. The molecular weight excluding hydrogens is 150 g/mol. The molecule has 2 nitrogen and oxygen atoms in total. The zero-order valence-electron chi connectivity index (χ0n) is 8.05. The monoisotopic (exact) mass is 167 g/mol. The molecule has 1 atom stereocenters. The fraction of sp³-hybridized carbons (Fsp3) is 0.700. The maximum Gasteiger partial charge on any atom is 0.0668 e. The molecule has 1 aliphatic carbocycles. The van der Waals surface area contributed by atoms with Gasteiger partial charge in [-0.2, -0.15) is 0 Å². The number of ether oxygens (including phenoxy) is 1. The van der Waals surface area contributed by atoms with Crippen molar-refractivity contribution < 1.29 is 4.74 Å². The van der Waals surface area contributed by atoms with E-state index in [4.69, 9.17) is 10.1 Å². The zero-order valence-corrected chi connectivity index (χ0v) is 8.05. The van der Waals surface area contributed by atoms with Gasteiger partial charge < -0.3 is 10.1 Å². The topological polar surface area (TPSA) is 33.1 Å². The van der Waals surface area contributed by atoms with Gasteiger partial charge in [-0.05, 0) is 32.8 Å². The molecule has 0 amide bonds. The van der Waals surface area contributed by atoms with Crippen LogP contribution < -0.4 is 0 Å². The van der Waals surface area contributed by atoms with E-state index >= 15 is 0 Å². The Bertz CT molecular complexity index is 206. The first-order valence-electron chi connectivity index (χ1n) is 4.49. The van der Waals surface area contributed by atoms with Crippen molar-refractivity contribution in [3.8, 4) is 0 Å². The summed E-state index contributed by atoms with van der Waals surface area (Å²) in [5, 5.41) is 7.62. The molecule has 68 valence electrons. The Morgan fingerprint density at radius 3 is 2.75 bits per heavy atom. The van der Waals surface area contributed by atoms with Crippen molar-refractivity contribution in [2.75, 3.05) is 0 Å². The Labute approximate surface area is 74.1 Å². The first kappa shape index (κ1) is 9.46. The SMILES string of the molecule is CC1=CCC(OC(C)C)CC1=N. The van der Waals surface area contributed by atoms with Crippen LogP contribution in [0.1, 0.15) is 33.6 Å². The largest absolute Gasteiger partial charge is 0.375 e. The van der Waals surface area contributed by atoms with Gasteiger partial charge in [0.1, 0.15) is 0 Å². The van der Waals surface area contributed by atoms with E-state index in [9.17, 15) is 0 Å². The molecule has 12 heavy (non-hydrogen) atoms. The van der Waals surface area contributed by atoms with Crippen LogP contribution >= 0.6 is 0 Å². The summed E-state index contributed by atoms with van der Waals surface area (Å²) in [5.41, 5.74) is 1.84. The maximum absolute atomic E-state index is 7.62. The fourth-order valence-corrected chi connectivity index (χ4v) is 1.39. The van der Waals surface area contributed by atoms with E-state index in [0.29, 0.717) is 0 Å². The molecule has 2 heteroatoms. The normalized spacial score (nSPS) is 24.5. The predicted molar refractivity (Wildman–Crippen MR) is 50.7 cm³/mol. The van der Waals surface area contributed by atoms with E-state index in [-0.39, 0.29) is 12.2 Å². The molecule has 0 fully saturated rings.